The first-order valence-electron chi connectivity index (χ1n) is 4.10. The van der Waals surface area contributed by atoms with Crippen molar-refractivity contribution < 1.29 is 0 Å². The highest BCUT2D eigenvalue weighted by atomic mass is 15.2. The minimum atomic E-state index is 0.575. The van der Waals surface area contributed by atoms with E-state index in [0.717, 1.165) is 13.1 Å². The first-order chi connectivity index (χ1) is 5.90. The molecule has 12 heavy (non-hydrogen) atoms. The lowest BCUT2D eigenvalue weighted by Crippen LogP contribution is -2.41. The molecule has 0 aliphatic carbocycles. The fourth-order valence-electron chi connectivity index (χ4n) is 1.50. The number of hydrogen-bond donors (Lipinski definition) is 0. The number of likely N-dealkylation sites (tertiary alicyclic amines) is 1. The van der Waals surface area contributed by atoms with E-state index in [-0.39, 0.29) is 0 Å². The maximum absolute atomic E-state index is 8.53. The third kappa shape index (κ3) is 1.14. The smallest absolute Gasteiger partial charge is 0.179 e. The van der Waals surface area contributed by atoms with Crippen LogP contribution in [0.5, 0.6) is 0 Å². The predicted molar refractivity (Wildman–Crippen MR) is 46.4 cm³/mol. The monoisotopic (exact) mass is 158 g/mol. The van der Waals surface area contributed by atoms with Crippen LogP contribution in [0.1, 0.15) is 11.5 Å². The van der Waals surface area contributed by atoms with Crippen molar-refractivity contribution in [2.24, 2.45) is 0 Å². The zero-order valence-electron chi connectivity index (χ0n) is 6.77. The molecule has 0 amide bonds. The molecule has 60 valence electrons. The van der Waals surface area contributed by atoms with Crippen molar-refractivity contribution in [1.29, 1.82) is 5.26 Å². The normalized spacial score (nSPS) is 16.8. The van der Waals surface area contributed by atoms with Crippen molar-refractivity contribution in [3.8, 4) is 6.19 Å². The molecular formula is C10H10N2. The number of hydrogen-bond acceptors (Lipinski definition) is 2. The molecule has 1 aliphatic rings. The van der Waals surface area contributed by atoms with E-state index >= 15 is 0 Å². The van der Waals surface area contributed by atoms with Gasteiger partial charge in [-0.05, 0) is 5.56 Å². The lowest BCUT2D eigenvalue weighted by atomic mass is 9.92. The second-order valence-corrected chi connectivity index (χ2v) is 3.11. The van der Waals surface area contributed by atoms with Crippen LogP contribution in [0.15, 0.2) is 30.3 Å². The second-order valence-electron chi connectivity index (χ2n) is 3.11. The SMILES string of the molecule is N#CN1CC(c2ccccc2)C1. The van der Waals surface area contributed by atoms with Crippen LogP contribution < -0.4 is 0 Å². The molecule has 1 aromatic rings. The van der Waals surface area contributed by atoms with Crippen LogP contribution in [0.4, 0.5) is 0 Å². The molecule has 2 nitrogen and oxygen atoms in total. The number of nitriles is 1. The highest BCUT2D eigenvalue weighted by Gasteiger charge is 2.26. The molecule has 2 heteroatoms. The molecule has 0 radical (unpaired) electrons. The van der Waals surface area contributed by atoms with Crippen molar-refractivity contribution in [3.63, 3.8) is 0 Å². The summed E-state index contributed by atoms with van der Waals surface area (Å²) in [5, 5.41) is 8.53. The van der Waals surface area contributed by atoms with Gasteiger partial charge in [0, 0.05) is 19.0 Å². The fraction of sp³-hybridized carbons (Fsp3) is 0.300. The highest BCUT2D eigenvalue weighted by Crippen LogP contribution is 2.25. The minimum Gasteiger partial charge on any atom is -0.309 e. The molecule has 0 saturated carbocycles. The van der Waals surface area contributed by atoms with Crippen LogP contribution >= 0.6 is 0 Å². The van der Waals surface area contributed by atoms with Gasteiger partial charge in [-0.25, -0.2) is 0 Å². The molecule has 1 fully saturated rings. The minimum absolute atomic E-state index is 0.575. The Balaban J connectivity index is 2.03. The summed E-state index contributed by atoms with van der Waals surface area (Å²) >= 11 is 0. The molecule has 0 bridgehead atoms. The Morgan fingerprint density at radius 3 is 2.50 bits per heavy atom. The van der Waals surface area contributed by atoms with Crippen LogP contribution in [0.2, 0.25) is 0 Å². The number of benzene rings is 1. The average molecular weight is 158 g/mol. The zero-order valence-corrected chi connectivity index (χ0v) is 6.77. The van der Waals surface area contributed by atoms with Gasteiger partial charge in [-0.1, -0.05) is 30.3 Å². The maximum atomic E-state index is 8.53. The fourth-order valence-corrected chi connectivity index (χ4v) is 1.50. The van der Waals surface area contributed by atoms with Gasteiger partial charge in [-0.2, -0.15) is 5.26 Å². The van der Waals surface area contributed by atoms with Gasteiger partial charge in [-0.15, -0.1) is 0 Å². The third-order valence-electron chi connectivity index (χ3n) is 2.29. The molecular weight excluding hydrogens is 148 g/mol. The summed E-state index contributed by atoms with van der Waals surface area (Å²) in [4.78, 5) is 1.78. The van der Waals surface area contributed by atoms with Crippen molar-refractivity contribution in [3.05, 3.63) is 35.9 Å². The van der Waals surface area contributed by atoms with Crippen LogP contribution in [0.3, 0.4) is 0 Å². The molecule has 1 saturated heterocycles. The number of nitrogens with zero attached hydrogens (tertiary/aromatic N) is 2. The summed E-state index contributed by atoms with van der Waals surface area (Å²) in [6, 6.07) is 10.4. The van der Waals surface area contributed by atoms with E-state index in [1.54, 1.807) is 4.90 Å². The van der Waals surface area contributed by atoms with E-state index in [0.29, 0.717) is 5.92 Å². The summed E-state index contributed by atoms with van der Waals surface area (Å²) in [5.74, 6) is 0.575. The molecule has 1 heterocycles. The first kappa shape index (κ1) is 7.17. The zero-order chi connectivity index (χ0) is 8.39. The summed E-state index contributed by atoms with van der Waals surface area (Å²) in [7, 11) is 0. The molecule has 2 rings (SSSR count). The van der Waals surface area contributed by atoms with Gasteiger partial charge < -0.3 is 4.90 Å². The van der Waals surface area contributed by atoms with E-state index in [1.807, 2.05) is 18.2 Å². The Morgan fingerprint density at radius 2 is 1.92 bits per heavy atom. The Morgan fingerprint density at radius 1 is 1.25 bits per heavy atom. The van der Waals surface area contributed by atoms with Gasteiger partial charge in [0.2, 0.25) is 0 Å². The summed E-state index contributed by atoms with van der Waals surface area (Å²) < 4.78 is 0. The lowest BCUT2D eigenvalue weighted by molar-refractivity contribution is 0.233. The Bertz CT molecular complexity index is 293. The van der Waals surface area contributed by atoms with Gasteiger partial charge in [-0.3, -0.25) is 0 Å². The summed E-state index contributed by atoms with van der Waals surface area (Å²) in [6.45, 7) is 1.78. The van der Waals surface area contributed by atoms with Gasteiger partial charge in [0.05, 0.1) is 0 Å². The van der Waals surface area contributed by atoms with Gasteiger partial charge in [0.25, 0.3) is 0 Å². The molecule has 0 N–H and O–H groups in total. The van der Waals surface area contributed by atoms with Gasteiger partial charge in [0.1, 0.15) is 0 Å². The second kappa shape index (κ2) is 2.86. The highest BCUT2D eigenvalue weighted by molar-refractivity contribution is 5.23. The van der Waals surface area contributed by atoms with E-state index < -0.39 is 0 Å². The Hall–Kier alpha value is -1.49. The molecule has 1 aliphatic heterocycles. The van der Waals surface area contributed by atoms with Crippen molar-refractivity contribution >= 4 is 0 Å². The van der Waals surface area contributed by atoms with Crippen molar-refractivity contribution in [2.45, 2.75) is 5.92 Å². The summed E-state index contributed by atoms with van der Waals surface area (Å²) in [5.41, 5.74) is 1.35. The van der Waals surface area contributed by atoms with Gasteiger partial charge in [0.15, 0.2) is 6.19 Å². The van der Waals surface area contributed by atoms with Crippen molar-refractivity contribution in [1.82, 2.24) is 4.90 Å². The summed E-state index contributed by atoms with van der Waals surface area (Å²) in [6.07, 6.45) is 2.13. The molecule has 0 aromatic heterocycles. The number of rotatable bonds is 1. The maximum Gasteiger partial charge on any atom is 0.179 e. The van der Waals surface area contributed by atoms with Crippen LogP contribution in [0, 0.1) is 11.5 Å². The third-order valence-corrected chi connectivity index (χ3v) is 2.29. The topological polar surface area (TPSA) is 27.0 Å². The predicted octanol–water partition coefficient (Wildman–Crippen LogP) is 1.57. The quantitative estimate of drug-likeness (QED) is 0.580. The first-order valence-corrected chi connectivity index (χ1v) is 4.10. The molecule has 1 aromatic carbocycles. The Kier molecular flexibility index (Phi) is 1.71. The van der Waals surface area contributed by atoms with Crippen molar-refractivity contribution in [2.75, 3.05) is 13.1 Å². The largest absolute Gasteiger partial charge is 0.309 e. The molecule has 0 atom stereocenters. The van der Waals surface area contributed by atoms with Crippen LogP contribution in [-0.4, -0.2) is 18.0 Å². The standard InChI is InChI=1S/C10H10N2/c11-8-12-6-10(7-12)9-4-2-1-3-5-9/h1-5,10H,6-7H2. The van der Waals surface area contributed by atoms with E-state index in [9.17, 15) is 0 Å². The molecule has 0 spiro atoms. The van der Waals surface area contributed by atoms with Gasteiger partial charge >= 0.3 is 0 Å². The Labute approximate surface area is 72.0 Å². The van der Waals surface area contributed by atoms with E-state index in [4.69, 9.17) is 5.26 Å². The average Bonchev–Trinajstić information content (AvgIpc) is 2.04. The van der Waals surface area contributed by atoms with E-state index in [1.165, 1.54) is 5.56 Å². The van der Waals surface area contributed by atoms with Crippen LogP contribution in [-0.2, 0) is 0 Å². The lowest BCUT2D eigenvalue weighted by Gasteiger charge is -2.35. The van der Waals surface area contributed by atoms with Crippen LogP contribution in [0.25, 0.3) is 0 Å². The molecule has 0 unspecified atom stereocenters. The van der Waals surface area contributed by atoms with E-state index in [2.05, 4.69) is 18.3 Å².